The number of aromatic nitrogens is 1. The minimum atomic E-state index is -0.252. The maximum Gasteiger partial charge on any atom is 0.195 e. The first-order valence-corrected chi connectivity index (χ1v) is 17.5. The smallest absolute Gasteiger partial charge is 0.195 e. The summed E-state index contributed by atoms with van der Waals surface area (Å²) in [6.07, 6.45) is 0. The lowest BCUT2D eigenvalue weighted by atomic mass is 9.73. The summed E-state index contributed by atoms with van der Waals surface area (Å²) in [5, 5.41) is 3.98. The molecule has 3 heterocycles. The molecule has 0 atom stereocenters. The van der Waals surface area contributed by atoms with Crippen molar-refractivity contribution < 1.29 is 0 Å². The van der Waals surface area contributed by atoms with Gasteiger partial charge in [-0.2, -0.15) is 0 Å². The molecule has 1 aliphatic rings. The third-order valence-corrected chi connectivity index (χ3v) is 11.4. The Morgan fingerprint density at radius 1 is 0.562 bits per heavy atom. The minimum Gasteiger partial charge on any atom is -0.310 e. The summed E-state index contributed by atoms with van der Waals surface area (Å²) in [4.78, 5) is 16.5. The first-order valence-electron chi connectivity index (χ1n) is 16.7. The molecule has 0 radical (unpaired) electrons. The number of anilines is 3. The van der Waals surface area contributed by atoms with Crippen molar-refractivity contribution in [2.75, 3.05) is 4.90 Å². The molecule has 3 nitrogen and oxygen atoms in total. The van der Waals surface area contributed by atoms with Crippen LogP contribution in [0.1, 0.15) is 51.3 Å². The fourth-order valence-electron chi connectivity index (χ4n) is 7.74. The van der Waals surface area contributed by atoms with E-state index >= 15 is 0 Å². The van der Waals surface area contributed by atoms with Crippen LogP contribution in [0.4, 0.5) is 17.1 Å². The van der Waals surface area contributed by atoms with Crippen LogP contribution in [0.3, 0.4) is 0 Å². The quantitative estimate of drug-likeness (QED) is 0.176. The third kappa shape index (κ3) is 4.15. The van der Waals surface area contributed by atoms with Gasteiger partial charge < -0.3 is 9.47 Å². The number of fused-ring (bicyclic) bond motifs is 7. The van der Waals surface area contributed by atoms with E-state index in [1.807, 2.05) is 6.07 Å². The van der Waals surface area contributed by atoms with Crippen LogP contribution >= 0.6 is 11.3 Å². The van der Waals surface area contributed by atoms with E-state index in [9.17, 15) is 4.79 Å². The molecule has 0 aliphatic carbocycles. The van der Waals surface area contributed by atoms with E-state index in [2.05, 4.69) is 165 Å². The maximum absolute atomic E-state index is 14.1. The van der Waals surface area contributed by atoms with Crippen LogP contribution < -0.4 is 10.3 Å². The number of hydrogen-bond donors (Lipinski definition) is 0. The molecule has 4 heteroatoms. The molecule has 0 unspecified atom stereocenters. The molecule has 9 rings (SSSR count). The highest BCUT2D eigenvalue weighted by molar-refractivity contribution is 7.24. The Morgan fingerprint density at radius 2 is 1.31 bits per heavy atom. The van der Waals surface area contributed by atoms with E-state index in [4.69, 9.17) is 0 Å². The summed E-state index contributed by atoms with van der Waals surface area (Å²) in [6, 6.07) is 45.6. The molecule has 1 aliphatic heterocycles. The highest BCUT2D eigenvalue weighted by Gasteiger charge is 2.38. The van der Waals surface area contributed by atoms with E-state index in [0.717, 1.165) is 42.9 Å². The van der Waals surface area contributed by atoms with Gasteiger partial charge in [0.15, 0.2) is 5.43 Å². The minimum absolute atomic E-state index is 0.0183. The highest BCUT2D eigenvalue weighted by atomic mass is 32.1. The van der Waals surface area contributed by atoms with Gasteiger partial charge in [0.1, 0.15) is 0 Å². The molecule has 234 valence electrons. The number of para-hydroxylation sites is 3. The van der Waals surface area contributed by atoms with Crippen molar-refractivity contribution in [3.05, 3.63) is 154 Å². The van der Waals surface area contributed by atoms with Crippen LogP contribution in [0.2, 0.25) is 0 Å². The van der Waals surface area contributed by atoms with E-state index < -0.39 is 0 Å². The summed E-state index contributed by atoms with van der Waals surface area (Å²) >= 11 is 1.70. The summed E-state index contributed by atoms with van der Waals surface area (Å²) in [6.45, 7) is 11.3. The van der Waals surface area contributed by atoms with Crippen molar-refractivity contribution in [2.24, 2.45) is 0 Å². The zero-order valence-corrected chi connectivity index (χ0v) is 28.7. The Balaban J connectivity index is 1.32. The van der Waals surface area contributed by atoms with Gasteiger partial charge in [0.2, 0.25) is 0 Å². The molecule has 8 aromatic rings. The monoisotopic (exact) mass is 640 g/mol. The van der Waals surface area contributed by atoms with Crippen LogP contribution in [0.25, 0.3) is 47.7 Å². The Hall–Kier alpha value is -5.19. The van der Waals surface area contributed by atoms with Gasteiger partial charge in [-0.05, 0) is 88.8 Å². The summed E-state index contributed by atoms with van der Waals surface area (Å²) in [5.74, 6) is 0. The van der Waals surface area contributed by atoms with Crippen molar-refractivity contribution >= 4 is 70.4 Å². The normalized spacial score (nSPS) is 14.1. The summed E-state index contributed by atoms with van der Waals surface area (Å²) in [5.41, 5.74) is 10.4. The zero-order chi connectivity index (χ0) is 32.9. The fraction of sp³-hybridized carbons (Fsp3) is 0.159. The number of nitrogens with zero attached hydrogens (tertiary/aromatic N) is 2. The molecule has 0 bridgehead atoms. The first-order chi connectivity index (χ1) is 23.1. The summed E-state index contributed by atoms with van der Waals surface area (Å²) < 4.78 is 4.44. The van der Waals surface area contributed by atoms with E-state index in [0.29, 0.717) is 0 Å². The van der Waals surface area contributed by atoms with Crippen LogP contribution in [0.15, 0.2) is 132 Å². The van der Waals surface area contributed by atoms with Gasteiger partial charge in [-0.3, -0.25) is 4.79 Å². The number of hydrogen-bond acceptors (Lipinski definition) is 3. The van der Waals surface area contributed by atoms with E-state index in [1.165, 1.54) is 38.5 Å². The Kier molecular flexibility index (Phi) is 6.13. The average molecular weight is 641 g/mol. The predicted octanol–water partition coefficient (Wildman–Crippen LogP) is 11.9. The SMILES string of the molecule is CC(C)(C)c1ccc2c(=O)c3cc(N4c5ccccc5C(C)(C)c5cc6c(cc54)c4ccccc4n6-c4ccccc4)ccc3sc2c1. The average Bonchev–Trinajstić information content (AvgIpc) is 3.41. The molecule has 0 fully saturated rings. The largest absolute Gasteiger partial charge is 0.310 e. The number of benzene rings is 6. The lowest BCUT2D eigenvalue weighted by Crippen LogP contribution is -2.30. The predicted molar refractivity (Wildman–Crippen MR) is 205 cm³/mol. The van der Waals surface area contributed by atoms with Gasteiger partial charge in [-0.15, -0.1) is 11.3 Å². The van der Waals surface area contributed by atoms with Crippen molar-refractivity contribution in [3.8, 4) is 5.69 Å². The van der Waals surface area contributed by atoms with Gasteiger partial charge in [0, 0.05) is 47.7 Å². The lowest BCUT2D eigenvalue weighted by Gasteiger charge is -2.42. The van der Waals surface area contributed by atoms with Gasteiger partial charge in [-0.1, -0.05) is 95.3 Å². The van der Waals surface area contributed by atoms with Gasteiger partial charge in [0.05, 0.1) is 22.4 Å². The Bertz CT molecular complexity index is 2650. The molecule has 0 saturated carbocycles. The van der Waals surface area contributed by atoms with E-state index in [-0.39, 0.29) is 16.3 Å². The first kappa shape index (κ1) is 29.0. The van der Waals surface area contributed by atoms with Crippen molar-refractivity contribution in [1.82, 2.24) is 4.57 Å². The van der Waals surface area contributed by atoms with Gasteiger partial charge in [0.25, 0.3) is 0 Å². The molecule has 48 heavy (non-hydrogen) atoms. The molecular formula is C44H36N2OS. The standard InChI is InChI=1S/C44H36N2OS/c1-43(2,3)27-19-21-31-41(23-27)48-40-22-20-29(24-33(40)42(31)47)46-37-18-12-10-16-34(37)44(4,5)35-26-38-32(25-39(35)46)30-15-9-11-17-36(30)45(38)28-13-7-6-8-14-28/h6-26H,1-5H3. The fourth-order valence-corrected chi connectivity index (χ4v) is 8.83. The summed E-state index contributed by atoms with van der Waals surface area (Å²) in [7, 11) is 0. The zero-order valence-electron chi connectivity index (χ0n) is 27.8. The molecule has 0 saturated heterocycles. The van der Waals surface area contributed by atoms with Gasteiger partial charge >= 0.3 is 0 Å². The van der Waals surface area contributed by atoms with Crippen molar-refractivity contribution in [1.29, 1.82) is 0 Å². The number of rotatable bonds is 2. The molecular weight excluding hydrogens is 605 g/mol. The maximum atomic E-state index is 14.1. The second kappa shape index (κ2) is 10.2. The van der Waals surface area contributed by atoms with E-state index in [1.54, 1.807) is 11.3 Å². The second-order valence-electron chi connectivity index (χ2n) is 14.6. The van der Waals surface area contributed by atoms with Crippen LogP contribution in [-0.2, 0) is 10.8 Å². The third-order valence-electron chi connectivity index (χ3n) is 10.3. The lowest BCUT2D eigenvalue weighted by molar-refractivity contribution is 0.591. The van der Waals surface area contributed by atoms with Crippen LogP contribution in [0, 0.1) is 0 Å². The molecule has 0 amide bonds. The van der Waals surface area contributed by atoms with Crippen LogP contribution in [-0.4, -0.2) is 4.57 Å². The topological polar surface area (TPSA) is 25.2 Å². The van der Waals surface area contributed by atoms with Crippen LogP contribution in [0.5, 0.6) is 0 Å². The highest BCUT2D eigenvalue weighted by Crippen LogP contribution is 2.54. The molecule has 2 aromatic heterocycles. The van der Waals surface area contributed by atoms with Crippen molar-refractivity contribution in [2.45, 2.75) is 45.4 Å². The molecule has 0 N–H and O–H groups in total. The van der Waals surface area contributed by atoms with Gasteiger partial charge in [-0.25, -0.2) is 0 Å². The van der Waals surface area contributed by atoms with Crippen molar-refractivity contribution in [3.63, 3.8) is 0 Å². The second-order valence-corrected chi connectivity index (χ2v) is 15.7. The molecule has 0 spiro atoms. The Labute approximate surface area is 284 Å². The Morgan fingerprint density at radius 3 is 2.12 bits per heavy atom. The molecule has 6 aromatic carbocycles.